The number of hydrogen-bond acceptors (Lipinski definition) is 5. The molecule has 1 aliphatic rings. The van der Waals surface area contributed by atoms with Gasteiger partial charge in [0.15, 0.2) is 5.78 Å². The zero-order valence-electron chi connectivity index (χ0n) is 14.0. The Morgan fingerprint density at radius 3 is 2.40 bits per heavy atom. The maximum absolute atomic E-state index is 13.1. The highest BCUT2D eigenvalue weighted by molar-refractivity contribution is 6.15. The molecule has 0 aliphatic carbocycles. The molecule has 1 unspecified atom stereocenters. The van der Waals surface area contributed by atoms with Gasteiger partial charge in [-0.1, -0.05) is 42.5 Å². The van der Waals surface area contributed by atoms with Crippen LogP contribution in [0.5, 0.6) is 0 Å². The summed E-state index contributed by atoms with van der Waals surface area (Å²) in [7, 11) is 0. The Morgan fingerprint density at radius 1 is 1.04 bits per heavy atom. The normalized spacial score (nSPS) is 18.4. The summed E-state index contributed by atoms with van der Waals surface area (Å²) < 4.78 is 4.84. The quantitative estimate of drug-likeness (QED) is 0.648. The molecule has 0 bridgehead atoms. The second-order valence-electron chi connectivity index (χ2n) is 5.97. The minimum atomic E-state index is -1.19. The molecule has 2 aromatic rings. The van der Waals surface area contributed by atoms with Crippen LogP contribution in [0.1, 0.15) is 35.7 Å². The third-order valence-corrected chi connectivity index (χ3v) is 4.28. The molecule has 1 N–H and O–H groups in total. The number of carbonyl (C=O) groups excluding carboxylic acids is 3. The van der Waals surface area contributed by atoms with Gasteiger partial charge in [0.25, 0.3) is 0 Å². The van der Waals surface area contributed by atoms with Crippen LogP contribution in [0.3, 0.4) is 0 Å². The van der Waals surface area contributed by atoms with Crippen LogP contribution in [0, 0.1) is 0 Å². The Hall–Kier alpha value is -2.95. The lowest BCUT2D eigenvalue weighted by molar-refractivity contribution is -0.145. The number of benzene rings is 2. The van der Waals surface area contributed by atoms with Gasteiger partial charge in [0.05, 0.1) is 6.61 Å². The summed E-state index contributed by atoms with van der Waals surface area (Å²) in [5.74, 6) is -1.07. The number of para-hydroxylation sites is 1. The predicted octanol–water partition coefficient (Wildman–Crippen LogP) is 3.10. The van der Waals surface area contributed by atoms with Crippen molar-refractivity contribution in [2.75, 3.05) is 11.9 Å². The Balaban J connectivity index is 1.95. The molecule has 1 aliphatic heterocycles. The molecule has 128 valence electrons. The average molecular weight is 337 g/mol. The number of anilines is 1. The number of hydrogen-bond donors (Lipinski definition) is 1. The number of esters is 1. The highest BCUT2D eigenvalue weighted by atomic mass is 16.5. The molecular weight excluding hydrogens is 318 g/mol. The topological polar surface area (TPSA) is 72.5 Å². The van der Waals surface area contributed by atoms with E-state index in [2.05, 4.69) is 5.32 Å². The summed E-state index contributed by atoms with van der Waals surface area (Å²) in [6.07, 6.45) is -0.447. The average Bonchev–Trinajstić information content (AvgIpc) is 2.89. The lowest BCUT2D eigenvalue weighted by Crippen LogP contribution is -2.41. The van der Waals surface area contributed by atoms with Crippen LogP contribution >= 0.6 is 0 Å². The number of ether oxygens (including phenoxy) is 1. The molecule has 0 fully saturated rings. The fourth-order valence-corrected chi connectivity index (χ4v) is 3.19. The van der Waals surface area contributed by atoms with E-state index in [0.29, 0.717) is 16.8 Å². The molecule has 25 heavy (non-hydrogen) atoms. The van der Waals surface area contributed by atoms with Gasteiger partial charge in [0.2, 0.25) is 0 Å². The predicted molar refractivity (Wildman–Crippen MR) is 93.4 cm³/mol. The molecule has 0 amide bonds. The van der Waals surface area contributed by atoms with Crippen LogP contribution in [0.2, 0.25) is 0 Å². The number of ketones is 2. The number of carbonyl (C=O) groups is 3. The molecule has 1 heterocycles. The Labute approximate surface area is 146 Å². The van der Waals surface area contributed by atoms with Crippen molar-refractivity contribution >= 4 is 23.2 Å². The fraction of sp³-hybridized carbons (Fsp3) is 0.250. The first-order valence-electron chi connectivity index (χ1n) is 8.21. The summed E-state index contributed by atoms with van der Waals surface area (Å²) in [4.78, 5) is 37.2. The minimum Gasteiger partial charge on any atom is -0.466 e. The van der Waals surface area contributed by atoms with Crippen LogP contribution in [0.15, 0.2) is 54.6 Å². The van der Waals surface area contributed by atoms with Crippen LogP contribution < -0.4 is 5.32 Å². The van der Waals surface area contributed by atoms with E-state index in [1.165, 1.54) is 0 Å². The van der Waals surface area contributed by atoms with E-state index in [1.54, 1.807) is 19.1 Å². The van der Waals surface area contributed by atoms with Crippen LogP contribution in [-0.4, -0.2) is 24.1 Å². The second-order valence-corrected chi connectivity index (χ2v) is 5.97. The van der Waals surface area contributed by atoms with Gasteiger partial charge in [-0.25, -0.2) is 0 Å². The molecular formula is C20H19NO4. The van der Waals surface area contributed by atoms with Gasteiger partial charge >= 0.3 is 5.97 Å². The van der Waals surface area contributed by atoms with E-state index in [0.717, 1.165) is 0 Å². The lowest BCUT2D eigenvalue weighted by atomic mass is 9.81. The second kappa shape index (κ2) is 6.89. The molecule has 0 radical (unpaired) electrons. The van der Waals surface area contributed by atoms with Gasteiger partial charge < -0.3 is 10.1 Å². The molecule has 5 nitrogen and oxygen atoms in total. The molecule has 5 heteroatoms. The van der Waals surface area contributed by atoms with E-state index in [9.17, 15) is 14.4 Å². The van der Waals surface area contributed by atoms with E-state index >= 15 is 0 Å². The minimum absolute atomic E-state index is 0.108. The third kappa shape index (κ3) is 3.18. The summed E-state index contributed by atoms with van der Waals surface area (Å²) in [6, 6.07) is 16.3. The SMILES string of the molecule is CCOC(=O)CC(=O)CC1(c2ccccc2)Nc2ccccc2C1=O. The van der Waals surface area contributed by atoms with Crippen LogP contribution in [0.25, 0.3) is 0 Å². The fourth-order valence-electron chi connectivity index (χ4n) is 3.19. The van der Waals surface area contributed by atoms with E-state index in [1.807, 2.05) is 42.5 Å². The standard InChI is InChI=1S/C20H19NO4/c1-2-25-18(23)12-15(22)13-20(14-8-4-3-5-9-14)19(24)16-10-6-7-11-17(16)21-20/h3-11,21H,2,12-13H2,1H3. The van der Waals surface area contributed by atoms with Gasteiger partial charge in [0.1, 0.15) is 17.7 Å². The smallest absolute Gasteiger partial charge is 0.313 e. The van der Waals surface area contributed by atoms with Gasteiger partial charge in [-0.05, 0) is 24.6 Å². The monoisotopic (exact) mass is 337 g/mol. The first-order valence-corrected chi connectivity index (χ1v) is 8.21. The number of nitrogens with one attached hydrogen (secondary N) is 1. The molecule has 0 spiro atoms. The van der Waals surface area contributed by atoms with Crippen molar-refractivity contribution < 1.29 is 19.1 Å². The lowest BCUT2D eigenvalue weighted by Gasteiger charge is -2.28. The summed E-state index contributed by atoms with van der Waals surface area (Å²) in [5, 5.41) is 3.23. The Bertz CT molecular complexity index is 815. The number of fused-ring (bicyclic) bond motifs is 1. The molecule has 3 rings (SSSR count). The first kappa shape index (κ1) is 16.9. The van der Waals surface area contributed by atoms with E-state index in [-0.39, 0.29) is 31.0 Å². The van der Waals surface area contributed by atoms with Crippen molar-refractivity contribution in [2.24, 2.45) is 0 Å². The Morgan fingerprint density at radius 2 is 1.72 bits per heavy atom. The third-order valence-electron chi connectivity index (χ3n) is 4.28. The van der Waals surface area contributed by atoms with Gasteiger partial charge in [-0.2, -0.15) is 0 Å². The zero-order chi connectivity index (χ0) is 17.9. The summed E-state index contributed by atoms with van der Waals surface area (Å²) in [6.45, 7) is 1.91. The largest absolute Gasteiger partial charge is 0.466 e. The highest BCUT2D eigenvalue weighted by Gasteiger charge is 2.47. The van der Waals surface area contributed by atoms with Gasteiger partial charge in [-0.15, -0.1) is 0 Å². The highest BCUT2D eigenvalue weighted by Crippen LogP contribution is 2.41. The maximum atomic E-state index is 13.1. The van der Waals surface area contributed by atoms with Crippen molar-refractivity contribution in [3.8, 4) is 0 Å². The first-order chi connectivity index (χ1) is 12.1. The van der Waals surface area contributed by atoms with Crippen LogP contribution in [-0.2, 0) is 19.9 Å². The summed E-state index contributed by atoms with van der Waals surface area (Å²) in [5.41, 5.74) is 0.762. The van der Waals surface area contributed by atoms with Crippen molar-refractivity contribution in [1.82, 2.24) is 0 Å². The van der Waals surface area contributed by atoms with Crippen molar-refractivity contribution in [2.45, 2.75) is 25.3 Å². The summed E-state index contributed by atoms with van der Waals surface area (Å²) >= 11 is 0. The molecule has 0 aromatic heterocycles. The molecule has 0 saturated carbocycles. The molecule has 0 saturated heterocycles. The van der Waals surface area contributed by atoms with Gasteiger partial charge in [-0.3, -0.25) is 14.4 Å². The van der Waals surface area contributed by atoms with E-state index in [4.69, 9.17) is 4.74 Å². The van der Waals surface area contributed by atoms with Crippen molar-refractivity contribution in [1.29, 1.82) is 0 Å². The Kier molecular flexibility index (Phi) is 4.65. The van der Waals surface area contributed by atoms with Gasteiger partial charge in [0, 0.05) is 17.7 Å². The van der Waals surface area contributed by atoms with Crippen molar-refractivity contribution in [3.63, 3.8) is 0 Å². The number of Topliss-reactive ketones (excluding diaryl/α,β-unsaturated/α-hetero) is 2. The van der Waals surface area contributed by atoms with E-state index < -0.39 is 11.5 Å². The maximum Gasteiger partial charge on any atom is 0.313 e. The molecule has 2 aromatic carbocycles. The molecule has 1 atom stereocenters. The zero-order valence-corrected chi connectivity index (χ0v) is 14.0. The number of rotatable bonds is 6. The van der Waals surface area contributed by atoms with Crippen LogP contribution in [0.4, 0.5) is 5.69 Å². The van der Waals surface area contributed by atoms with Crippen molar-refractivity contribution in [3.05, 3.63) is 65.7 Å².